The zero-order chi connectivity index (χ0) is 23.1. The van der Waals surface area contributed by atoms with E-state index in [1.165, 1.54) is 33.3 Å². The molecule has 0 bridgehead atoms. The average Bonchev–Trinajstić information content (AvgIpc) is 2.71. The molecule has 2 aromatic carbocycles. The highest BCUT2D eigenvalue weighted by Gasteiger charge is 2.18. The third-order valence-corrected chi connectivity index (χ3v) is 4.20. The molecular weight excluding hydrogens is 403 g/mol. The van der Waals surface area contributed by atoms with Gasteiger partial charge in [-0.15, -0.1) is 0 Å². The van der Waals surface area contributed by atoms with Crippen LogP contribution in [-0.2, 0) is 32.3 Å². The smallest absolute Gasteiger partial charge is 0.338 e. The third kappa shape index (κ3) is 6.10. The van der Waals surface area contributed by atoms with Gasteiger partial charge in [-0.1, -0.05) is 19.2 Å². The Kier molecular flexibility index (Phi) is 8.24. The summed E-state index contributed by atoms with van der Waals surface area (Å²) in [7, 11) is 3.02. The molecule has 0 fully saturated rings. The van der Waals surface area contributed by atoms with Crippen molar-refractivity contribution < 1.29 is 32.9 Å². The Hall–Kier alpha value is -3.29. The van der Waals surface area contributed by atoms with Gasteiger partial charge in [0.05, 0.1) is 13.2 Å². The molecule has 0 heterocycles. The molecule has 7 heteroatoms. The summed E-state index contributed by atoms with van der Waals surface area (Å²) in [6, 6.07) is 7.71. The topological polar surface area (TPSA) is 71.1 Å². The first-order chi connectivity index (χ1) is 14.7. The van der Waals surface area contributed by atoms with Gasteiger partial charge < -0.3 is 18.9 Å². The zero-order valence-electron chi connectivity index (χ0n) is 18.0. The van der Waals surface area contributed by atoms with Crippen LogP contribution in [0.2, 0.25) is 0 Å². The number of hydrogen-bond donors (Lipinski definition) is 0. The van der Waals surface area contributed by atoms with Crippen LogP contribution in [0.1, 0.15) is 25.0 Å². The van der Waals surface area contributed by atoms with Gasteiger partial charge in [-0.25, -0.2) is 14.0 Å². The summed E-state index contributed by atoms with van der Waals surface area (Å²) in [5, 5.41) is 0. The first-order valence-corrected chi connectivity index (χ1v) is 9.36. The summed E-state index contributed by atoms with van der Waals surface area (Å²) in [6.07, 6.45) is 0. The lowest BCUT2D eigenvalue weighted by Gasteiger charge is -2.17. The highest BCUT2D eigenvalue weighted by atomic mass is 19.1. The molecule has 0 radical (unpaired) electrons. The van der Waals surface area contributed by atoms with Gasteiger partial charge in [-0.3, -0.25) is 0 Å². The minimum absolute atomic E-state index is 0.153. The van der Waals surface area contributed by atoms with Crippen molar-refractivity contribution >= 4 is 11.9 Å². The van der Waals surface area contributed by atoms with Gasteiger partial charge in [0, 0.05) is 36.5 Å². The number of carbonyl (C=O) groups excluding carboxylic acids is 2. The molecule has 2 rings (SSSR count). The third-order valence-electron chi connectivity index (χ3n) is 4.20. The van der Waals surface area contributed by atoms with Gasteiger partial charge in [-0.2, -0.15) is 0 Å². The highest BCUT2D eigenvalue weighted by molar-refractivity contribution is 5.89. The van der Waals surface area contributed by atoms with Gasteiger partial charge in [-0.05, 0) is 49.2 Å². The number of halogens is 1. The van der Waals surface area contributed by atoms with Gasteiger partial charge >= 0.3 is 11.9 Å². The van der Waals surface area contributed by atoms with Crippen molar-refractivity contribution in [3.63, 3.8) is 0 Å². The standard InChI is InChI=1S/C24H25FO6/c1-14(2)23(26)30-21-8-7-16(11-20(21)25)17-9-18(12-28-5)22(19(10-17)13-29-6)31-24(27)15(3)4/h7-11H,1,3,12-13H2,2,4-6H3. The fourth-order valence-electron chi connectivity index (χ4n) is 2.71. The van der Waals surface area contributed by atoms with E-state index in [1.807, 2.05) is 0 Å². The quantitative estimate of drug-likeness (QED) is 0.326. The predicted octanol–water partition coefficient (Wildman–Crippen LogP) is 4.75. The molecule has 164 valence electrons. The molecule has 0 saturated carbocycles. The molecule has 0 N–H and O–H groups in total. The lowest BCUT2D eigenvalue weighted by atomic mass is 9.98. The van der Waals surface area contributed by atoms with Crippen molar-refractivity contribution in [2.75, 3.05) is 14.2 Å². The minimum Gasteiger partial charge on any atom is -0.422 e. The van der Waals surface area contributed by atoms with Crippen molar-refractivity contribution in [2.45, 2.75) is 27.1 Å². The molecule has 0 aliphatic carbocycles. The Morgan fingerprint density at radius 1 is 0.839 bits per heavy atom. The SMILES string of the molecule is C=C(C)C(=O)Oc1ccc(-c2cc(COC)c(OC(=O)C(=C)C)c(COC)c2)cc1F. The number of ether oxygens (including phenoxy) is 4. The monoisotopic (exact) mass is 428 g/mol. The summed E-state index contributed by atoms with van der Waals surface area (Å²) in [5.41, 5.74) is 2.75. The van der Waals surface area contributed by atoms with Crippen molar-refractivity contribution in [1.82, 2.24) is 0 Å². The van der Waals surface area contributed by atoms with E-state index in [0.717, 1.165) is 0 Å². The van der Waals surface area contributed by atoms with E-state index in [1.54, 1.807) is 25.1 Å². The Bertz CT molecular complexity index is 998. The summed E-state index contributed by atoms with van der Waals surface area (Å²) in [6.45, 7) is 10.4. The number of rotatable bonds is 9. The first kappa shape index (κ1) is 24.0. The van der Waals surface area contributed by atoms with E-state index in [-0.39, 0.29) is 30.1 Å². The number of esters is 2. The van der Waals surface area contributed by atoms with E-state index in [9.17, 15) is 14.0 Å². The van der Waals surface area contributed by atoms with Crippen LogP contribution in [0.3, 0.4) is 0 Å². The van der Waals surface area contributed by atoms with Gasteiger partial charge in [0.1, 0.15) is 5.75 Å². The second-order valence-electron chi connectivity index (χ2n) is 6.97. The van der Waals surface area contributed by atoms with Crippen LogP contribution in [-0.4, -0.2) is 26.2 Å². The normalized spacial score (nSPS) is 10.5. The average molecular weight is 428 g/mol. The minimum atomic E-state index is -0.708. The molecule has 0 atom stereocenters. The molecule has 0 amide bonds. The molecule has 0 saturated heterocycles. The van der Waals surface area contributed by atoms with Crippen LogP contribution in [0.5, 0.6) is 11.5 Å². The van der Waals surface area contributed by atoms with Gasteiger partial charge in [0.25, 0.3) is 0 Å². The summed E-state index contributed by atoms with van der Waals surface area (Å²) >= 11 is 0. The molecule has 0 spiro atoms. The maximum atomic E-state index is 14.6. The lowest BCUT2D eigenvalue weighted by Crippen LogP contribution is -2.12. The Morgan fingerprint density at radius 3 is 1.81 bits per heavy atom. The molecule has 2 aromatic rings. The van der Waals surface area contributed by atoms with Gasteiger partial charge in [0.2, 0.25) is 0 Å². The zero-order valence-corrected chi connectivity index (χ0v) is 18.0. The fraction of sp³-hybridized carbons (Fsp3) is 0.250. The summed E-state index contributed by atoms with van der Waals surface area (Å²) < 4.78 is 35.6. The van der Waals surface area contributed by atoms with E-state index < -0.39 is 17.8 Å². The second kappa shape index (κ2) is 10.7. The molecule has 31 heavy (non-hydrogen) atoms. The maximum Gasteiger partial charge on any atom is 0.338 e. The maximum absolute atomic E-state index is 14.6. The molecule has 0 aromatic heterocycles. The highest BCUT2D eigenvalue weighted by Crippen LogP contribution is 2.34. The molecule has 0 aliphatic rings. The van der Waals surface area contributed by atoms with Crippen molar-refractivity contribution in [2.24, 2.45) is 0 Å². The molecule has 0 unspecified atom stereocenters. The summed E-state index contributed by atoms with van der Waals surface area (Å²) in [5.74, 6) is -1.87. The molecular formula is C24H25FO6. The second-order valence-corrected chi connectivity index (χ2v) is 6.97. The van der Waals surface area contributed by atoms with Crippen LogP contribution in [0, 0.1) is 5.82 Å². The number of hydrogen-bond acceptors (Lipinski definition) is 6. The van der Waals surface area contributed by atoms with Crippen LogP contribution >= 0.6 is 0 Å². The summed E-state index contributed by atoms with van der Waals surface area (Å²) in [4.78, 5) is 23.8. The van der Waals surface area contributed by atoms with E-state index in [0.29, 0.717) is 28.0 Å². The van der Waals surface area contributed by atoms with Crippen molar-refractivity contribution in [3.05, 3.63) is 71.6 Å². The van der Waals surface area contributed by atoms with E-state index >= 15 is 0 Å². The molecule has 0 aliphatic heterocycles. The first-order valence-electron chi connectivity index (χ1n) is 9.36. The van der Waals surface area contributed by atoms with E-state index in [4.69, 9.17) is 18.9 Å². The number of carbonyl (C=O) groups is 2. The molecule has 6 nitrogen and oxygen atoms in total. The Labute approximate surface area is 180 Å². The van der Waals surface area contributed by atoms with Crippen LogP contribution in [0.25, 0.3) is 11.1 Å². The number of methoxy groups -OCH3 is 2. The lowest BCUT2D eigenvalue weighted by molar-refractivity contribution is -0.131. The van der Waals surface area contributed by atoms with Gasteiger partial charge in [0.15, 0.2) is 11.6 Å². The van der Waals surface area contributed by atoms with Crippen molar-refractivity contribution in [1.29, 1.82) is 0 Å². The van der Waals surface area contributed by atoms with Crippen LogP contribution < -0.4 is 9.47 Å². The fourth-order valence-corrected chi connectivity index (χ4v) is 2.71. The Balaban J connectivity index is 2.52. The van der Waals surface area contributed by atoms with Crippen LogP contribution in [0.4, 0.5) is 4.39 Å². The largest absolute Gasteiger partial charge is 0.422 e. The number of benzene rings is 2. The van der Waals surface area contributed by atoms with E-state index in [2.05, 4.69) is 13.2 Å². The van der Waals surface area contributed by atoms with Crippen LogP contribution in [0.15, 0.2) is 54.6 Å². The predicted molar refractivity (Wildman–Crippen MR) is 114 cm³/mol. The van der Waals surface area contributed by atoms with Crippen molar-refractivity contribution in [3.8, 4) is 22.6 Å². The Morgan fingerprint density at radius 2 is 1.35 bits per heavy atom.